The molecule has 0 aromatic heterocycles. The molecule has 0 aliphatic carbocycles. The lowest BCUT2D eigenvalue weighted by molar-refractivity contribution is -0.119. The van der Waals surface area contributed by atoms with Gasteiger partial charge in [0.25, 0.3) is 0 Å². The summed E-state index contributed by atoms with van der Waals surface area (Å²) in [5.41, 5.74) is 1.98. The van der Waals surface area contributed by atoms with Crippen molar-refractivity contribution >= 4 is 11.6 Å². The highest BCUT2D eigenvalue weighted by Gasteiger charge is 2.17. The fraction of sp³-hybridized carbons (Fsp3) is 0.632. The molecule has 0 bridgehead atoms. The number of methoxy groups -OCH3 is 1. The molecule has 1 unspecified atom stereocenters. The Bertz CT molecular complexity index is 539. The summed E-state index contributed by atoms with van der Waals surface area (Å²) in [6.07, 6.45) is 1.91. The maximum absolute atomic E-state index is 12.3. The summed E-state index contributed by atoms with van der Waals surface area (Å²) in [7, 11) is 3.80. The second-order valence-electron chi connectivity index (χ2n) is 6.79. The third kappa shape index (κ3) is 5.21. The number of ether oxygens (including phenoxy) is 1. The van der Waals surface area contributed by atoms with Crippen LogP contribution < -0.4 is 10.1 Å². The van der Waals surface area contributed by atoms with Crippen molar-refractivity contribution in [1.82, 2.24) is 9.80 Å². The fourth-order valence-corrected chi connectivity index (χ4v) is 3.04. The van der Waals surface area contributed by atoms with Gasteiger partial charge in [-0.2, -0.15) is 0 Å². The molecule has 1 N–H and O–H groups in total. The van der Waals surface area contributed by atoms with Gasteiger partial charge in [0.05, 0.1) is 12.8 Å². The van der Waals surface area contributed by atoms with E-state index >= 15 is 0 Å². The van der Waals surface area contributed by atoms with E-state index in [1.807, 2.05) is 19.1 Å². The number of anilines is 1. The third-order valence-corrected chi connectivity index (χ3v) is 4.69. The van der Waals surface area contributed by atoms with E-state index in [2.05, 4.69) is 35.2 Å². The minimum Gasteiger partial charge on any atom is -0.495 e. The lowest BCUT2D eigenvalue weighted by Gasteiger charge is -2.32. The summed E-state index contributed by atoms with van der Waals surface area (Å²) in [4.78, 5) is 17.1. The molecule has 24 heavy (non-hydrogen) atoms. The minimum absolute atomic E-state index is 0.0148. The van der Waals surface area contributed by atoms with Crippen LogP contribution in [0.2, 0.25) is 0 Å². The zero-order valence-electron chi connectivity index (χ0n) is 15.5. The van der Waals surface area contributed by atoms with Gasteiger partial charge in [-0.25, -0.2) is 0 Å². The lowest BCUT2D eigenvalue weighted by atomic mass is 10.1. The fourth-order valence-electron chi connectivity index (χ4n) is 3.04. The topological polar surface area (TPSA) is 44.8 Å². The molecular formula is C19H31N3O2. The van der Waals surface area contributed by atoms with Gasteiger partial charge in [-0.05, 0) is 31.2 Å². The van der Waals surface area contributed by atoms with Crippen molar-refractivity contribution < 1.29 is 9.53 Å². The molecule has 1 aromatic rings. The summed E-state index contributed by atoms with van der Waals surface area (Å²) in [5, 5.41) is 3.04. The van der Waals surface area contributed by atoms with Gasteiger partial charge in [-0.3, -0.25) is 9.69 Å². The van der Waals surface area contributed by atoms with Gasteiger partial charge < -0.3 is 15.0 Å². The van der Waals surface area contributed by atoms with Crippen molar-refractivity contribution in [2.24, 2.45) is 5.92 Å². The van der Waals surface area contributed by atoms with Crippen molar-refractivity contribution in [1.29, 1.82) is 0 Å². The van der Waals surface area contributed by atoms with Crippen LogP contribution in [0.5, 0.6) is 5.75 Å². The normalized spacial score (nSPS) is 17.5. The minimum atomic E-state index is 0.0148. The van der Waals surface area contributed by atoms with Crippen molar-refractivity contribution in [3.05, 3.63) is 23.8 Å². The average Bonchev–Trinajstić information content (AvgIpc) is 2.57. The highest BCUT2D eigenvalue weighted by molar-refractivity contribution is 5.93. The number of hydrogen-bond donors (Lipinski definition) is 1. The number of benzene rings is 1. The van der Waals surface area contributed by atoms with Crippen LogP contribution in [0, 0.1) is 5.92 Å². The van der Waals surface area contributed by atoms with Gasteiger partial charge in [0.1, 0.15) is 5.75 Å². The maximum atomic E-state index is 12.3. The molecule has 5 heteroatoms. The number of likely N-dealkylation sites (N-methyl/N-ethyl adjacent to an activating group) is 1. The van der Waals surface area contributed by atoms with Crippen molar-refractivity contribution in [2.75, 3.05) is 45.7 Å². The number of piperazine rings is 1. The number of carbonyl (C=O) groups excluding carboxylic acids is 1. The van der Waals surface area contributed by atoms with Gasteiger partial charge in [0.2, 0.25) is 5.91 Å². The Labute approximate surface area is 146 Å². The van der Waals surface area contributed by atoms with Crippen LogP contribution >= 0.6 is 0 Å². The highest BCUT2D eigenvalue weighted by atomic mass is 16.5. The van der Waals surface area contributed by atoms with Crippen LogP contribution in [0.4, 0.5) is 5.69 Å². The molecule has 1 atom stereocenters. The molecular weight excluding hydrogens is 302 g/mol. The van der Waals surface area contributed by atoms with E-state index in [1.54, 1.807) is 7.11 Å². The Kier molecular flexibility index (Phi) is 7.06. The third-order valence-electron chi connectivity index (χ3n) is 4.69. The van der Waals surface area contributed by atoms with E-state index in [0.29, 0.717) is 5.75 Å². The maximum Gasteiger partial charge on any atom is 0.227 e. The van der Waals surface area contributed by atoms with E-state index in [0.717, 1.165) is 51.3 Å². The predicted molar refractivity (Wildman–Crippen MR) is 98.5 cm³/mol. The van der Waals surface area contributed by atoms with E-state index in [4.69, 9.17) is 4.74 Å². The predicted octanol–water partition coefficient (Wildman–Crippen LogP) is 2.82. The lowest BCUT2D eigenvalue weighted by Crippen LogP contribution is -2.43. The average molecular weight is 333 g/mol. The molecule has 0 spiro atoms. The Morgan fingerprint density at radius 2 is 2.00 bits per heavy atom. The van der Waals surface area contributed by atoms with Crippen LogP contribution in [-0.4, -0.2) is 56.0 Å². The van der Waals surface area contributed by atoms with Crippen LogP contribution in [0.25, 0.3) is 0 Å². The van der Waals surface area contributed by atoms with Crippen molar-refractivity contribution in [2.45, 2.75) is 33.2 Å². The number of carbonyl (C=O) groups is 1. The van der Waals surface area contributed by atoms with E-state index in [-0.39, 0.29) is 11.8 Å². The first kappa shape index (κ1) is 18.7. The first-order chi connectivity index (χ1) is 11.5. The zero-order chi connectivity index (χ0) is 17.5. The monoisotopic (exact) mass is 333 g/mol. The molecule has 1 heterocycles. The summed E-state index contributed by atoms with van der Waals surface area (Å²) in [6.45, 7) is 9.35. The summed E-state index contributed by atoms with van der Waals surface area (Å²) >= 11 is 0. The Morgan fingerprint density at radius 1 is 1.29 bits per heavy atom. The van der Waals surface area contributed by atoms with E-state index in [9.17, 15) is 4.79 Å². The molecule has 0 radical (unpaired) electrons. The Morgan fingerprint density at radius 3 is 2.62 bits per heavy atom. The van der Waals surface area contributed by atoms with Gasteiger partial charge in [-0.15, -0.1) is 0 Å². The van der Waals surface area contributed by atoms with Gasteiger partial charge in [-0.1, -0.05) is 26.3 Å². The number of hydrogen-bond acceptors (Lipinski definition) is 4. The van der Waals surface area contributed by atoms with Gasteiger partial charge in [0.15, 0.2) is 0 Å². The largest absolute Gasteiger partial charge is 0.495 e. The molecule has 1 amide bonds. The second kappa shape index (κ2) is 9.04. The Hall–Kier alpha value is -1.59. The molecule has 134 valence electrons. The van der Waals surface area contributed by atoms with E-state index < -0.39 is 0 Å². The van der Waals surface area contributed by atoms with Crippen LogP contribution in [0.15, 0.2) is 18.2 Å². The molecule has 0 saturated carbocycles. The summed E-state index contributed by atoms with van der Waals surface area (Å²) < 4.78 is 5.41. The zero-order valence-corrected chi connectivity index (χ0v) is 15.5. The smallest absolute Gasteiger partial charge is 0.227 e. The molecule has 1 fully saturated rings. The van der Waals surface area contributed by atoms with Gasteiger partial charge in [0, 0.05) is 38.6 Å². The number of rotatable bonds is 7. The number of nitrogens with one attached hydrogen (secondary N) is 1. The van der Waals surface area contributed by atoms with Crippen LogP contribution in [0.3, 0.4) is 0 Å². The summed E-state index contributed by atoms with van der Waals surface area (Å²) in [6, 6.07) is 6.08. The molecule has 1 aliphatic rings. The standard InChI is InChI=1S/C19H31N3O2/c1-5-6-15(2)19(23)20-17-13-16(7-8-18(17)24-4)14-22-11-9-21(3)10-12-22/h7-8,13,15H,5-6,9-12,14H2,1-4H3,(H,20,23). The van der Waals surface area contributed by atoms with E-state index in [1.165, 1.54) is 5.56 Å². The van der Waals surface area contributed by atoms with Crippen LogP contribution in [0.1, 0.15) is 32.3 Å². The quantitative estimate of drug-likeness (QED) is 0.833. The first-order valence-corrected chi connectivity index (χ1v) is 8.92. The van der Waals surface area contributed by atoms with Gasteiger partial charge >= 0.3 is 0 Å². The number of amides is 1. The summed E-state index contributed by atoms with van der Waals surface area (Å²) in [5.74, 6) is 0.794. The second-order valence-corrected chi connectivity index (χ2v) is 6.79. The molecule has 5 nitrogen and oxygen atoms in total. The molecule has 2 rings (SSSR count). The van der Waals surface area contributed by atoms with Crippen molar-refractivity contribution in [3.63, 3.8) is 0 Å². The Balaban J connectivity index is 2.05. The van der Waals surface area contributed by atoms with Crippen molar-refractivity contribution in [3.8, 4) is 5.75 Å². The number of nitrogens with zero attached hydrogens (tertiary/aromatic N) is 2. The SMILES string of the molecule is CCCC(C)C(=O)Nc1cc(CN2CCN(C)CC2)ccc1OC. The molecule has 1 saturated heterocycles. The van der Waals surface area contributed by atoms with Crippen LogP contribution in [-0.2, 0) is 11.3 Å². The molecule has 1 aromatic carbocycles. The molecule has 1 aliphatic heterocycles. The highest BCUT2D eigenvalue weighted by Crippen LogP contribution is 2.27. The first-order valence-electron chi connectivity index (χ1n) is 8.92.